The Bertz CT molecular complexity index is 1810. The second-order valence-electron chi connectivity index (χ2n) is 12.7. The number of aromatic nitrogens is 2. The van der Waals surface area contributed by atoms with Crippen molar-refractivity contribution in [1.82, 2.24) is 14.5 Å². The zero-order valence-electron chi connectivity index (χ0n) is 24.5. The Labute approximate surface area is 257 Å². The number of benzene rings is 1. The predicted molar refractivity (Wildman–Crippen MR) is 164 cm³/mol. The van der Waals surface area contributed by atoms with E-state index in [1.807, 2.05) is 13.8 Å². The summed E-state index contributed by atoms with van der Waals surface area (Å²) in [6.45, 7) is 12.5. The van der Waals surface area contributed by atoms with Crippen LogP contribution >= 0.6 is 27.5 Å². The molecule has 2 aliphatic heterocycles. The van der Waals surface area contributed by atoms with Gasteiger partial charge >= 0.3 is 6.09 Å². The first-order valence-corrected chi connectivity index (χ1v) is 16.6. The van der Waals surface area contributed by atoms with Crippen LogP contribution in [0.15, 0.2) is 32.5 Å². The van der Waals surface area contributed by atoms with Crippen molar-refractivity contribution in [1.29, 1.82) is 0 Å². The Hall–Kier alpha value is -2.70. The molecule has 5 rings (SSSR count). The van der Waals surface area contributed by atoms with Gasteiger partial charge < -0.3 is 14.5 Å². The van der Waals surface area contributed by atoms with Crippen molar-refractivity contribution in [3.8, 4) is 5.69 Å². The summed E-state index contributed by atoms with van der Waals surface area (Å²) in [5.41, 5.74) is -0.286. The molecule has 0 atom stereocenters. The molecule has 0 unspecified atom stereocenters. The van der Waals surface area contributed by atoms with E-state index in [2.05, 4.69) is 20.9 Å². The average Bonchev–Trinajstić information content (AvgIpc) is 2.79. The number of fused-ring (bicyclic) bond motifs is 1. The summed E-state index contributed by atoms with van der Waals surface area (Å²) < 4.78 is 49.5. The van der Waals surface area contributed by atoms with Gasteiger partial charge in [-0.15, -0.1) is 0 Å². The monoisotopic (exact) mass is 682 g/mol. The molecule has 2 aromatic heterocycles. The molecule has 3 aromatic rings. The highest BCUT2D eigenvalue weighted by atomic mass is 79.9. The zero-order chi connectivity index (χ0) is 31.1. The van der Waals surface area contributed by atoms with Crippen LogP contribution in [0.2, 0.25) is 5.02 Å². The fourth-order valence-corrected chi connectivity index (χ4v) is 7.39. The Balaban J connectivity index is 1.71. The molecule has 0 bridgehead atoms. The fraction of sp³-hybridized carbons (Fsp3) is 0.483. The molecule has 226 valence electrons. The number of nitrogens with zero attached hydrogens (tertiary/aromatic N) is 4. The molecule has 2 fully saturated rings. The Morgan fingerprint density at radius 2 is 1.81 bits per heavy atom. The third-order valence-corrected chi connectivity index (χ3v) is 10.0. The van der Waals surface area contributed by atoms with Crippen LogP contribution in [0.25, 0.3) is 16.6 Å². The SMILES string of the molecule is Cc1ccnc(C(C)C)c1-n1c(=O)c(S(C)(=O)=O)c(N2CC3(CN(C(=O)OC(C)(C)C)C3)C2)c2cc(Cl)c(Br)c(F)c21. The molecule has 9 nitrogen and oxygen atoms in total. The Morgan fingerprint density at radius 3 is 2.36 bits per heavy atom. The van der Waals surface area contributed by atoms with Crippen LogP contribution in [0.3, 0.4) is 0 Å². The molecular formula is C29H33BrClFN4O5S. The van der Waals surface area contributed by atoms with Crippen LogP contribution < -0.4 is 10.5 Å². The molecule has 2 aliphatic rings. The second-order valence-corrected chi connectivity index (χ2v) is 15.8. The minimum absolute atomic E-state index is 0.0351. The van der Waals surface area contributed by atoms with Gasteiger partial charge in [-0.25, -0.2) is 17.6 Å². The maximum atomic E-state index is 16.2. The molecule has 0 radical (unpaired) electrons. The summed E-state index contributed by atoms with van der Waals surface area (Å²) in [7, 11) is -4.12. The van der Waals surface area contributed by atoms with Gasteiger partial charge in [-0.2, -0.15) is 0 Å². The van der Waals surface area contributed by atoms with Crippen molar-refractivity contribution >= 4 is 60.1 Å². The summed E-state index contributed by atoms with van der Waals surface area (Å²) in [6.07, 6.45) is 2.17. The van der Waals surface area contributed by atoms with E-state index in [4.69, 9.17) is 16.3 Å². The first-order chi connectivity index (χ1) is 19.3. The van der Waals surface area contributed by atoms with Crippen LogP contribution in [-0.4, -0.2) is 67.0 Å². The Morgan fingerprint density at radius 1 is 1.19 bits per heavy atom. The van der Waals surface area contributed by atoms with Crippen molar-refractivity contribution in [2.45, 2.75) is 58.0 Å². The first kappa shape index (κ1) is 30.7. The number of likely N-dealkylation sites (tertiary alicyclic amines) is 1. The van der Waals surface area contributed by atoms with E-state index in [9.17, 15) is 18.0 Å². The first-order valence-electron chi connectivity index (χ1n) is 13.5. The number of hydrogen-bond donors (Lipinski definition) is 0. The summed E-state index contributed by atoms with van der Waals surface area (Å²) in [6, 6.07) is 3.19. The summed E-state index contributed by atoms with van der Waals surface area (Å²) in [5, 5.41) is 0.227. The largest absolute Gasteiger partial charge is 0.444 e. The number of pyridine rings is 2. The van der Waals surface area contributed by atoms with Gasteiger partial charge in [0, 0.05) is 49.4 Å². The van der Waals surface area contributed by atoms with Crippen molar-refractivity contribution in [2.24, 2.45) is 5.41 Å². The quantitative estimate of drug-likeness (QED) is 0.319. The standard InChI is InChI=1S/C29H33BrClFN4O5S/c1-15(2)21-22(16(3)8-9-33-21)36-23-17(10-18(31)19(30)20(23)32)24(25(26(36)37)42(7,39)40)34-11-29(12-34)13-35(14-29)27(38)41-28(4,5)6/h8-10,15H,11-14H2,1-7H3. The predicted octanol–water partition coefficient (Wildman–Crippen LogP) is 5.83. The highest BCUT2D eigenvalue weighted by molar-refractivity contribution is 9.10. The minimum Gasteiger partial charge on any atom is -0.444 e. The highest BCUT2D eigenvalue weighted by Gasteiger charge is 2.55. The number of aryl methyl sites for hydroxylation is 1. The lowest BCUT2D eigenvalue weighted by atomic mass is 9.72. The average molecular weight is 684 g/mol. The van der Waals surface area contributed by atoms with Crippen molar-refractivity contribution < 1.29 is 22.3 Å². The number of amides is 1. The van der Waals surface area contributed by atoms with Crippen LogP contribution in [0, 0.1) is 18.2 Å². The smallest absolute Gasteiger partial charge is 0.410 e. The van der Waals surface area contributed by atoms with Gasteiger partial charge in [0.1, 0.15) is 5.60 Å². The van der Waals surface area contributed by atoms with Crippen LogP contribution in [0.4, 0.5) is 14.9 Å². The number of rotatable bonds is 4. The lowest BCUT2D eigenvalue weighted by Gasteiger charge is -2.60. The number of carbonyl (C=O) groups is 1. The van der Waals surface area contributed by atoms with E-state index in [-0.39, 0.29) is 37.4 Å². The van der Waals surface area contributed by atoms with Gasteiger partial charge in [0.05, 0.1) is 32.1 Å². The Kier molecular flexibility index (Phi) is 7.46. The molecule has 4 heterocycles. The lowest BCUT2D eigenvalue weighted by Crippen LogP contribution is -2.73. The second kappa shape index (κ2) is 10.2. The number of sulfone groups is 1. The minimum atomic E-state index is -4.12. The van der Waals surface area contributed by atoms with Gasteiger partial charge in [0.2, 0.25) is 0 Å². The van der Waals surface area contributed by atoms with Crippen LogP contribution in [0.5, 0.6) is 0 Å². The number of hydrogen-bond acceptors (Lipinski definition) is 7. The van der Waals surface area contributed by atoms with Gasteiger partial charge in [-0.3, -0.25) is 14.3 Å². The lowest BCUT2D eigenvalue weighted by molar-refractivity contribution is -0.0453. The van der Waals surface area contributed by atoms with Crippen molar-refractivity contribution in [3.05, 3.63) is 55.3 Å². The number of halogens is 3. The summed E-state index contributed by atoms with van der Waals surface area (Å²) in [4.78, 5) is 34.2. The van der Waals surface area contributed by atoms with Crippen LogP contribution in [0.1, 0.15) is 51.8 Å². The molecular weight excluding hydrogens is 651 g/mol. The van der Waals surface area contributed by atoms with E-state index in [0.717, 1.165) is 10.8 Å². The maximum absolute atomic E-state index is 16.2. The number of ether oxygens (including phenoxy) is 1. The van der Waals surface area contributed by atoms with Crippen molar-refractivity contribution in [3.63, 3.8) is 0 Å². The van der Waals surface area contributed by atoms with E-state index >= 15 is 4.39 Å². The van der Waals surface area contributed by atoms with E-state index in [1.165, 1.54) is 6.07 Å². The van der Waals surface area contributed by atoms with E-state index < -0.39 is 37.8 Å². The number of carbonyl (C=O) groups excluding carboxylic acids is 1. The maximum Gasteiger partial charge on any atom is 0.410 e. The molecule has 1 amide bonds. The molecule has 0 saturated carbocycles. The van der Waals surface area contributed by atoms with Gasteiger partial charge in [-0.1, -0.05) is 25.4 Å². The molecule has 0 aliphatic carbocycles. The van der Waals surface area contributed by atoms with Crippen LogP contribution in [-0.2, 0) is 14.6 Å². The number of anilines is 1. The van der Waals surface area contributed by atoms with Crippen molar-refractivity contribution in [2.75, 3.05) is 37.3 Å². The molecule has 2 saturated heterocycles. The van der Waals surface area contributed by atoms with E-state index in [1.54, 1.807) is 49.8 Å². The van der Waals surface area contributed by atoms with Gasteiger partial charge in [0.25, 0.3) is 5.56 Å². The molecule has 42 heavy (non-hydrogen) atoms. The molecule has 0 N–H and O–H groups in total. The zero-order valence-corrected chi connectivity index (χ0v) is 27.7. The molecule has 13 heteroatoms. The summed E-state index contributed by atoms with van der Waals surface area (Å²) >= 11 is 9.65. The third-order valence-electron chi connectivity index (χ3n) is 7.60. The molecule has 1 spiro atoms. The normalized spacial score (nSPS) is 16.6. The van der Waals surface area contributed by atoms with E-state index in [0.29, 0.717) is 43.1 Å². The molecule has 1 aromatic carbocycles. The van der Waals surface area contributed by atoms with Gasteiger partial charge in [0.15, 0.2) is 20.5 Å². The highest BCUT2D eigenvalue weighted by Crippen LogP contribution is 2.47. The fourth-order valence-electron chi connectivity index (χ4n) is 5.90. The third kappa shape index (κ3) is 5.09. The summed E-state index contributed by atoms with van der Waals surface area (Å²) in [5.74, 6) is -0.937. The van der Waals surface area contributed by atoms with Gasteiger partial charge in [-0.05, 0) is 67.2 Å². The topological polar surface area (TPSA) is 102 Å².